The molecule has 0 bridgehead atoms. The lowest BCUT2D eigenvalue weighted by Crippen LogP contribution is -2.64. The van der Waals surface area contributed by atoms with Crippen LogP contribution in [0.1, 0.15) is 50.2 Å². The quantitative estimate of drug-likeness (QED) is 0.596. The van der Waals surface area contributed by atoms with E-state index in [2.05, 4.69) is 12.2 Å². The van der Waals surface area contributed by atoms with Gasteiger partial charge in [0.2, 0.25) is 0 Å². The molecule has 0 spiro atoms. The molecule has 1 saturated heterocycles. The summed E-state index contributed by atoms with van der Waals surface area (Å²) in [6.45, 7) is 8.15. The summed E-state index contributed by atoms with van der Waals surface area (Å²) in [6, 6.07) is 5.82. The minimum atomic E-state index is -0.229. The Kier molecular flexibility index (Phi) is 7.21. The highest BCUT2D eigenvalue weighted by atomic mass is 16.5. The zero-order valence-corrected chi connectivity index (χ0v) is 16.6. The maximum absolute atomic E-state index is 13.2. The number of carbonyl (C=O) groups excluding carboxylic acids is 2. The minimum absolute atomic E-state index is 0.0297. The van der Waals surface area contributed by atoms with Gasteiger partial charge in [0.25, 0.3) is 5.91 Å². The topological polar surface area (TPSA) is 55.4 Å². The van der Waals surface area contributed by atoms with E-state index in [4.69, 9.17) is 4.74 Å². The van der Waals surface area contributed by atoms with E-state index in [1.807, 2.05) is 32.0 Å². The molecule has 1 aromatic carbocycles. The molecule has 1 aliphatic rings. The Hall–Kier alpha value is -1.88. The van der Waals surface area contributed by atoms with Crippen LogP contribution in [0.2, 0.25) is 0 Å². The highest BCUT2D eigenvalue weighted by molar-refractivity contribution is 5.95. The van der Waals surface area contributed by atoms with Crippen LogP contribution in [0.3, 0.4) is 0 Å². The number of anilines is 1. The minimum Gasteiger partial charge on any atom is -0.465 e. The molecule has 0 aromatic heterocycles. The highest BCUT2D eigenvalue weighted by Gasteiger charge is 2.45. The Bertz CT molecular complexity index is 624. The van der Waals surface area contributed by atoms with Gasteiger partial charge in [-0.1, -0.05) is 31.5 Å². The van der Waals surface area contributed by atoms with Crippen LogP contribution in [0.4, 0.5) is 5.69 Å². The lowest BCUT2D eigenvalue weighted by Gasteiger charge is -2.46. The van der Waals surface area contributed by atoms with Crippen molar-refractivity contribution in [1.29, 1.82) is 0 Å². The van der Waals surface area contributed by atoms with Crippen molar-refractivity contribution in [3.63, 3.8) is 0 Å². The zero-order valence-electron chi connectivity index (χ0n) is 16.6. The third-order valence-corrected chi connectivity index (χ3v) is 5.65. The first-order chi connectivity index (χ1) is 12.4. The highest BCUT2D eigenvalue weighted by Crippen LogP contribution is 2.29. The lowest BCUT2D eigenvalue weighted by atomic mass is 9.95. The first-order valence-corrected chi connectivity index (χ1v) is 9.73. The van der Waals surface area contributed by atoms with E-state index in [0.29, 0.717) is 4.48 Å². The average Bonchev–Trinajstić information content (AvgIpc) is 2.63. The number of piperidine rings is 1. The Balaban J connectivity index is 2.28. The predicted molar refractivity (Wildman–Crippen MR) is 104 cm³/mol. The number of nitrogens with one attached hydrogen (secondary N) is 1. The van der Waals surface area contributed by atoms with Crippen LogP contribution in [0.15, 0.2) is 18.2 Å². The number of amides is 1. The number of hydrogen-bond donors (Lipinski definition) is 1. The normalized spacial score (nSPS) is 22.7. The van der Waals surface area contributed by atoms with Crippen molar-refractivity contribution in [2.45, 2.75) is 58.9 Å². The molecule has 0 aliphatic carbocycles. The van der Waals surface area contributed by atoms with E-state index in [0.717, 1.165) is 62.0 Å². The van der Waals surface area contributed by atoms with E-state index in [1.165, 1.54) is 7.11 Å². The van der Waals surface area contributed by atoms with Gasteiger partial charge in [0, 0.05) is 12.1 Å². The number of rotatable bonds is 7. The average molecular weight is 362 g/mol. The number of esters is 1. The fourth-order valence-electron chi connectivity index (χ4n) is 4.12. The van der Waals surface area contributed by atoms with Gasteiger partial charge < -0.3 is 14.5 Å². The SMILES string of the molecule is CCCC[N@@+]1(CC(=O)OC)CCCC[C@@H]1C(=O)Nc1c(C)cccc1C. The summed E-state index contributed by atoms with van der Waals surface area (Å²) in [5.41, 5.74) is 3.03. The second-order valence-corrected chi connectivity index (χ2v) is 7.52. The van der Waals surface area contributed by atoms with Crippen LogP contribution in [-0.4, -0.2) is 49.1 Å². The van der Waals surface area contributed by atoms with E-state index in [-0.39, 0.29) is 24.5 Å². The number of nitrogens with zero attached hydrogens (tertiary/aromatic N) is 1. The van der Waals surface area contributed by atoms with Crippen LogP contribution in [0, 0.1) is 13.8 Å². The van der Waals surface area contributed by atoms with Crippen molar-refractivity contribution >= 4 is 17.6 Å². The number of para-hydroxylation sites is 1. The van der Waals surface area contributed by atoms with Crippen molar-refractivity contribution < 1.29 is 18.8 Å². The Labute approximate surface area is 157 Å². The number of quaternary nitrogens is 1. The van der Waals surface area contributed by atoms with E-state index in [1.54, 1.807) is 0 Å². The molecule has 2 atom stereocenters. The van der Waals surface area contributed by atoms with Gasteiger partial charge in [-0.05, 0) is 44.2 Å². The van der Waals surface area contributed by atoms with Crippen LogP contribution < -0.4 is 5.32 Å². The summed E-state index contributed by atoms with van der Waals surface area (Å²) < 4.78 is 5.48. The number of hydrogen-bond acceptors (Lipinski definition) is 3. The fraction of sp³-hybridized carbons (Fsp3) is 0.619. The summed E-state index contributed by atoms with van der Waals surface area (Å²) in [4.78, 5) is 25.4. The molecule has 5 heteroatoms. The molecule has 144 valence electrons. The number of benzene rings is 1. The van der Waals surface area contributed by atoms with Crippen molar-refractivity contribution in [3.05, 3.63) is 29.3 Å². The molecular formula is C21H33N2O3+. The molecule has 0 unspecified atom stereocenters. The Morgan fingerprint density at radius 2 is 1.92 bits per heavy atom. The van der Waals surface area contributed by atoms with Gasteiger partial charge in [0.1, 0.15) is 0 Å². The number of likely N-dealkylation sites (tertiary alicyclic amines) is 1. The van der Waals surface area contributed by atoms with E-state index >= 15 is 0 Å². The summed E-state index contributed by atoms with van der Waals surface area (Å²) >= 11 is 0. The standard InChI is InChI=1S/C21H32N2O3/c1-5-6-13-23(15-19(24)26-4)14-8-7-12-18(23)21(25)22-20-16(2)10-9-11-17(20)3/h9-11,18H,5-8,12-15H2,1-4H3/p+1/t18-,23+/m1/s1. The Morgan fingerprint density at radius 3 is 2.54 bits per heavy atom. The first kappa shape index (κ1) is 20.4. The second-order valence-electron chi connectivity index (χ2n) is 7.52. The number of carbonyl (C=O) groups is 2. The predicted octanol–water partition coefficient (Wildman–Crippen LogP) is 3.58. The van der Waals surface area contributed by atoms with Crippen LogP contribution in [-0.2, 0) is 14.3 Å². The monoisotopic (exact) mass is 361 g/mol. The number of aryl methyl sites for hydroxylation is 2. The summed E-state index contributed by atoms with van der Waals surface area (Å²) in [6.07, 6.45) is 4.94. The number of unbranched alkanes of at least 4 members (excludes halogenated alkanes) is 1. The van der Waals surface area contributed by atoms with Crippen molar-refractivity contribution in [2.24, 2.45) is 0 Å². The van der Waals surface area contributed by atoms with Crippen molar-refractivity contribution in [2.75, 3.05) is 32.1 Å². The molecule has 1 N–H and O–H groups in total. The zero-order chi connectivity index (χ0) is 19.2. The van der Waals surface area contributed by atoms with E-state index < -0.39 is 0 Å². The summed E-state index contributed by atoms with van der Waals surface area (Å²) in [7, 11) is 1.42. The third-order valence-electron chi connectivity index (χ3n) is 5.65. The molecule has 1 heterocycles. The molecule has 1 fully saturated rings. The molecule has 0 radical (unpaired) electrons. The van der Waals surface area contributed by atoms with Crippen molar-refractivity contribution in [1.82, 2.24) is 0 Å². The molecule has 1 aromatic rings. The molecule has 26 heavy (non-hydrogen) atoms. The third kappa shape index (κ3) is 4.64. The molecular weight excluding hydrogens is 328 g/mol. The van der Waals surface area contributed by atoms with Gasteiger partial charge in [0.15, 0.2) is 12.6 Å². The molecule has 2 rings (SSSR count). The number of methoxy groups -OCH3 is 1. The van der Waals surface area contributed by atoms with Gasteiger partial charge in [0.05, 0.1) is 20.2 Å². The van der Waals surface area contributed by atoms with Gasteiger partial charge in [-0.25, -0.2) is 4.79 Å². The summed E-state index contributed by atoms with van der Waals surface area (Å²) in [5.74, 6) is -0.199. The summed E-state index contributed by atoms with van der Waals surface area (Å²) in [5, 5.41) is 3.16. The lowest BCUT2D eigenvalue weighted by molar-refractivity contribution is -0.940. The molecule has 1 amide bonds. The maximum Gasteiger partial charge on any atom is 0.361 e. The smallest absolute Gasteiger partial charge is 0.361 e. The fourth-order valence-corrected chi connectivity index (χ4v) is 4.12. The molecule has 1 aliphatic heterocycles. The van der Waals surface area contributed by atoms with Gasteiger partial charge in [-0.2, -0.15) is 0 Å². The first-order valence-electron chi connectivity index (χ1n) is 9.73. The van der Waals surface area contributed by atoms with Gasteiger partial charge in [-0.15, -0.1) is 0 Å². The van der Waals surface area contributed by atoms with Crippen LogP contribution in [0.25, 0.3) is 0 Å². The largest absolute Gasteiger partial charge is 0.465 e. The van der Waals surface area contributed by atoms with Crippen LogP contribution >= 0.6 is 0 Å². The Morgan fingerprint density at radius 1 is 1.23 bits per heavy atom. The van der Waals surface area contributed by atoms with Gasteiger partial charge >= 0.3 is 5.97 Å². The van der Waals surface area contributed by atoms with Crippen molar-refractivity contribution in [3.8, 4) is 0 Å². The molecule has 0 saturated carbocycles. The van der Waals surface area contributed by atoms with Crippen LogP contribution in [0.5, 0.6) is 0 Å². The van der Waals surface area contributed by atoms with Gasteiger partial charge in [-0.3, -0.25) is 4.79 Å². The number of ether oxygens (including phenoxy) is 1. The van der Waals surface area contributed by atoms with E-state index in [9.17, 15) is 9.59 Å². The molecule has 5 nitrogen and oxygen atoms in total. The maximum atomic E-state index is 13.2. The second kappa shape index (κ2) is 9.17.